The summed E-state index contributed by atoms with van der Waals surface area (Å²) in [5, 5.41) is 3.51. The van der Waals surface area contributed by atoms with Gasteiger partial charge in [-0.2, -0.15) is 0 Å². The van der Waals surface area contributed by atoms with Gasteiger partial charge >= 0.3 is 0 Å². The maximum Gasteiger partial charge on any atom is 0.144 e. The van der Waals surface area contributed by atoms with Gasteiger partial charge in [0.1, 0.15) is 10.6 Å². The number of aromatic amines is 1. The van der Waals surface area contributed by atoms with Gasteiger partial charge in [0.05, 0.1) is 16.5 Å². The van der Waals surface area contributed by atoms with Gasteiger partial charge in [0.25, 0.3) is 0 Å². The molecule has 0 atom stereocenters. The summed E-state index contributed by atoms with van der Waals surface area (Å²) >= 11 is 1.58. The van der Waals surface area contributed by atoms with Gasteiger partial charge in [0, 0.05) is 17.0 Å². The summed E-state index contributed by atoms with van der Waals surface area (Å²) in [6.07, 6.45) is 3.53. The molecule has 1 aromatic carbocycles. The Morgan fingerprint density at radius 1 is 1.24 bits per heavy atom. The van der Waals surface area contributed by atoms with E-state index in [1.165, 1.54) is 5.39 Å². The number of anilines is 1. The number of nitrogens with two attached hydrogens (primary N) is 1. The lowest BCUT2D eigenvalue weighted by atomic mass is 10.2. The van der Waals surface area contributed by atoms with Crippen molar-refractivity contribution in [1.82, 2.24) is 15.0 Å². The van der Waals surface area contributed by atoms with Crippen molar-refractivity contribution in [3.8, 4) is 0 Å². The summed E-state index contributed by atoms with van der Waals surface area (Å²) in [5.41, 5.74) is 6.92. The zero-order valence-corrected chi connectivity index (χ0v) is 9.58. The molecule has 3 N–H and O–H groups in total. The van der Waals surface area contributed by atoms with Crippen LogP contribution in [0.2, 0.25) is 0 Å². The molecule has 4 rings (SSSR count). The minimum Gasteiger partial charge on any atom is -0.382 e. The lowest BCUT2D eigenvalue weighted by molar-refractivity contribution is 1.24. The quantitative estimate of drug-likeness (QED) is 0.496. The standard InChI is InChI=1S/C12H8N4S/c13-11-10-9(15-5-16-11)8-7-3-1-2-6(7)4-14-12(8)17-10/h1-5H,13H2,(H,15,16). The second-order valence-electron chi connectivity index (χ2n) is 3.93. The summed E-state index contributed by atoms with van der Waals surface area (Å²) in [7, 11) is 0. The third kappa shape index (κ3) is 1.06. The van der Waals surface area contributed by atoms with Gasteiger partial charge in [0.15, 0.2) is 0 Å². The van der Waals surface area contributed by atoms with Crippen molar-refractivity contribution in [2.45, 2.75) is 0 Å². The topological polar surface area (TPSA) is 67.6 Å². The van der Waals surface area contributed by atoms with Crippen LogP contribution in [0.1, 0.15) is 0 Å². The van der Waals surface area contributed by atoms with Crippen molar-refractivity contribution in [2.24, 2.45) is 0 Å². The first-order chi connectivity index (χ1) is 8.34. The average Bonchev–Trinajstić information content (AvgIpc) is 2.91. The number of pyridine rings is 1. The minimum absolute atomic E-state index is 0.557. The van der Waals surface area contributed by atoms with E-state index in [9.17, 15) is 0 Å². The molecular weight excluding hydrogens is 232 g/mol. The molecule has 4 nitrogen and oxygen atoms in total. The van der Waals surface area contributed by atoms with Crippen LogP contribution >= 0.6 is 11.3 Å². The molecule has 82 valence electrons. The number of aromatic nitrogens is 3. The maximum atomic E-state index is 5.89. The van der Waals surface area contributed by atoms with Crippen LogP contribution in [-0.4, -0.2) is 15.0 Å². The van der Waals surface area contributed by atoms with E-state index in [1.807, 2.05) is 12.3 Å². The zero-order chi connectivity index (χ0) is 11.4. The van der Waals surface area contributed by atoms with E-state index in [0.717, 1.165) is 25.8 Å². The van der Waals surface area contributed by atoms with E-state index in [4.69, 9.17) is 5.73 Å². The van der Waals surface area contributed by atoms with E-state index in [0.29, 0.717) is 5.82 Å². The van der Waals surface area contributed by atoms with Gasteiger partial charge in [0.2, 0.25) is 0 Å². The molecule has 0 aliphatic heterocycles. The Morgan fingerprint density at radius 3 is 3.12 bits per heavy atom. The molecule has 0 bridgehead atoms. The van der Waals surface area contributed by atoms with Gasteiger partial charge in [-0.05, 0) is 5.39 Å². The highest BCUT2D eigenvalue weighted by atomic mass is 32.1. The Bertz CT molecular complexity index is 859. The van der Waals surface area contributed by atoms with Gasteiger partial charge in [-0.15, -0.1) is 11.3 Å². The normalized spacial score (nSPS) is 11.8. The summed E-state index contributed by atoms with van der Waals surface area (Å²) in [6.45, 7) is 0. The van der Waals surface area contributed by atoms with Crippen LogP contribution in [0.25, 0.3) is 31.2 Å². The largest absolute Gasteiger partial charge is 0.382 e. The van der Waals surface area contributed by atoms with Crippen LogP contribution in [0.15, 0.2) is 30.7 Å². The number of hydrogen-bond donors (Lipinski definition) is 2. The lowest BCUT2D eigenvalue weighted by Gasteiger charge is -1.95. The first-order valence-electron chi connectivity index (χ1n) is 5.23. The Balaban J connectivity index is 2.40. The van der Waals surface area contributed by atoms with E-state index < -0.39 is 0 Å². The number of rotatable bonds is 0. The molecule has 0 unspecified atom stereocenters. The van der Waals surface area contributed by atoms with Crippen LogP contribution in [0, 0.1) is 0 Å². The second-order valence-corrected chi connectivity index (χ2v) is 4.93. The third-order valence-electron chi connectivity index (χ3n) is 2.97. The smallest absolute Gasteiger partial charge is 0.144 e. The van der Waals surface area contributed by atoms with Gasteiger partial charge < -0.3 is 10.7 Å². The number of nitrogens with zero attached hydrogens (tertiary/aromatic N) is 2. The van der Waals surface area contributed by atoms with Crippen molar-refractivity contribution in [3.05, 3.63) is 30.7 Å². The molecule has 0 spiro atoms. The molecule has 4 aromatic rings. The predicted octanol–water partition coefficient (Wildman–Crippen LogP) is 2.91. The molecule has 0 amide bonds. The summed E-state index contributed by atoms with van der Waals surface area (Å²) < 4.78 is 0.976. The Morgan fingerprint density at radius 2 is 2.18 bits per heavy atom. The van der Waals surface area contributed by atoms with Gasteiger partial charge in [-0.3, -0.25) is 0 Å². The molecule has 0 radical (unpaired) electrons. The van der Waals surface area contributed by atoms with Crippen LogP contribution in [0.4, 0.5) is 5.82 Å². The molecule has 0 saturated carbocycles. The first-order valence-corrected chi connectivity index (χ1v) is 6.05. The Kier molecular flexibility index (Phi) is 1.55. The lowest BCUT2D eigenvalue weighted by Crippen LogP contribution is -1.89. The fraction of sp³-hybridized carbons (Fsp3) is 0. The van der Waals surface area contributed by atoms with Crippen LogP contribution in [0.3, 0.4) is 0 Å². The van der Waals surface area contributed by atoms with Crippen molar-refractivity contribution in [2.75, 3.05) is 5.73 Å². The number of H-pyrrole nitrogens is 1. The highest BCUT2D eigenvalue weighted by Gasteiger charge is 2.12. The fourth-order valence-electron chi connectivity index (χ4n) is 2.21. The van der Waals surface area contributed by atoms with Gasteiger partial charge in [-0.25, -0.2) is 9.97 Å². The van der Waals surface area contributed by atoms with Crippen LogP contribution < -0.4 is 5.73 Å². The van der Waals surface area contributed by atoms with E-state index in [2.05, 4.69) is 27.1 Å². The number of thiophene rings is 1. The summed E-state index contributed by atoms with van der Waals surface area (Å²) in [5.74, 6) is 0.557. The monoisotopic (exact) mass is 240 g/mol. The molecule has 17 heavy (non-hydrogen) atoms. The summed E-state index contributed by atoms with van der Waals surface area (Å²) in [6, 6.07) is 6.21. The third-order valence-corrected chi connectivity index (χ3v) is 4.10. The average molecular weight is 240 g/mol. The van der Waals surface area contributed by atoms with Crippen LogP contribution in [0.5, 0.6) is 0 Å². The molecule has 0 saturated heterocycles. The van der Waals surface area contributed by atoms with Crippen molar-refractivity contribution in [1.29, 1.82) is 0 Å². The predicted molar refractivity (Wildman–Crippen MR) is 71.2 cm³/mol. The van der Waals surface area contributed by atoms with E-state index >= 15 is 0 Å². The Labute approximate surface area is 100 Å². The second kappa shape index (κ2) is 2.95. The number of fused-ring (bicyclic) bond motifs is 5. The number of nitrogens with one attached hydrogen (secondary N) is 1. The van der Waals surface area contributed by atoms with E-state index in [-0.39, 0.29) is 0 Å². The SMILES string of the molecule is Nc1nc[nH]c2c1sc1ncc3cccc3c12. The van der Waals surface area contributed by atoms with E-state index in [1.54, 1.807) is 17.7 Å². The number of hydrogen-bond acceptors (Lipinski definition) is 4. The number of nitrogen functional groups attached to an aromatic ring is 1. The molecule has 3 heterocycles. The van der Waals surface area contributed by atoms with Gasteiger partial charge in [-0.1, -0.05) is 18.2 Å². The first kappa shape index (κ1) is 8.95. The maximum absolute atomic E-state index is 5.89. The molecule has 3 aromatic heterocycles. The highest BCUT2D eigenvalue weighted by molar-refractivity contribution is 7.26. The molecule has 0 aliphatic carbocycles. The van der Waals surface area contributed by atoms with Crippen molar-refractivity contribution >= 4 is 48.4 Å². The fourth-order valence-corrected chi connectivity index (χ4v) is 3.24. The zero-order valence-electron chi connectivity index (χ0n) is 8.77. The molecule has 0 aliphatic rings. The van der Waals surface area contributed by atoms with Crippen molar-refractivity contribution in [3.63, 3.8) is 0 Å². The Hall–Kier alpha value is -2.14. The molecule has 5 heteroatoms. The molecule has 0 fully saturated rings. The molecular formula is C12H8N4S. The van der Waals surface area contributed by atoms with Crippen LogP contribution in [-0.2, 0) is 0 Å². The minimum atomic E-state index is 0.557. The summed E-state index contributed by atoms with van der Waals surface area (Å²) in [4.78, 5) is 12.7. The highest BCUT2D eigenvalue weighted by Crippen LogP contribution is 2.37. The van der Waals surface area contributed by atoms with Crippen molar-refractivity contribution < 1.29 is 0 Å².